The van der Waals surface area contributed by atoms with Crippen LogP contribution < -0.4 is 0 Å². The monoisotopic (exact) mass is 245 g/mol. The van der Waals surface area contributed by atoms with E-state index >= 15 is 0 Å². The Morgan fingerprint density at radius 2 is 2.17 bits per heavy atom. The first-order valence-corrected chi connectivity index (χ1v) is 6.25. The minimum atomic E-state index is -0.935. The molecule has 1 aliphatic rings. The number of hydrogen-bond acceptors (Lipinski definition) is 3. The van der Waals surface area contributed by atoms with Crippen LogP contribution in [0.4, 0.5) is 0 Å². The van der Waals surface area contributed by atoms with E-state index < -0.39 is 5.97 Å². The molecule has 18 heavy (non-hydrogen) atoms. The van der Waals surface area contributed by atoms with Crippen LogP contribution in [-0.2, 0) is 0 Å². The summed E-state index contributed by atoms with van der Waals surface area (Å²) in [5.74, 6) is -0.935. The fraction of sp³-hybridized carbons (Fsp3) is 0.462. The van der Waals surface area contributed by atoms with E-state index in [9.17, 15) is 4.79 Å². The highest BCUT2D eigenvalue weighted by Gasteiger charge is 2.21. The lowest BCUT2D eigenvalue weighted by molar-refractivity contribution is 0.0696. The summed E-state index contributed by atoms with van der Waals surface area (Å²) >= 11 is 0. The van der Waals surface area contributed by atoms with Gasteiger partial charge in [-0.3, -0.25) is 0 Å². The quantitative estimate of drug-likeness (QED) is 0.882. The molecule has 0 atom stereocenters. The number of aromatic nitrogens is 3. The third-order valence-electron chi connectivity index (χ3n) is 3.66. The second-order valence-electron chi connectivity index (χ2n) is 4.87. The van der Waals surface area contributed by atoms with Gasteiger partial charge in [0.2, 0.25) is 0 Å². The molecule has 0 amide bonds. The summed E-state index contributed by atoms with van der Waals surface area (Å²) in [6.45, 7) is 1.73. The first-order valence-electron chi connectivity index (χ1n) is 6.25. The molecule has 1 N–H and O–H groups in total. The number of hydrogen-bond donors (Lipinski definition) is 1. The number of carboxylic acids is 1. The predicted octanol–water partition coefficient (Wildman–Crippen LogP) is 2.55. The molecule has 0 aliphatic heterocycles. The van der Waals surface area contributed by atoms with Crippen LogP contribution >= 0.6 is 0 Å². The van der Waals surface area contributed by atoms with E-state index in [1.165, 1.54) is 12.8 Å². The third kappa shape index (κ3) is 1.66. The first kappa shape index (κ1) is 11.2. The number of pyridine rings is 1. The van der Waals surface area contributed by atoms with Crippen LogP contribution in [0.2, 0.25) is 0 Å². The van der Waals surface area contributed by atoms with Crippen LogP contribution in [0.15, 0.2) is 12.3 Å². The minimum absolute atomic E-state index is 0.258. The maximum atomic E-state index is 11.1. The zero-order valence-corrected chi connectivity index (χ0v) is 10.3. The van der Waals surface area contributed by atoms with Crippen LogP contribution in [0.5, 0.6) is 0 Å². The standard InChI is InChI=1S/C13H15N3O2/c1-8-11(13(17)18)6-9-7-14-16(12(9)15-8)10-4-2-3-5-10/h6-7,10H,2-5H2,1H3,(H,17,18). The van der Waals surface area contributed by atoms with Crippen molar-refractivity contribution < 1.29 is 9.90 Å². The number of aromatic carboxylic acids is 1. The molecule has 2 aromatic heterocycles. The first-order chi connectivity index (χ1) is 8.66. The van der Waals surface area contributed by atoms with E-state index in [0.29, 0.717) is 11.7 Å². The van der Waals surface area contributed by atoms with Crippen molar-refractivity contribution in [2.24, 2.45) is 0 Å². The largest absolute Gasteiger partial charge is 0.478 e. The number of carbonyl (C=O) groups is 1. The zero-order valence-electron chi connectivity index (χ0n) is 10.3. The van der Waals surface area contributed by atoms with Gasteiger partial charge < -0.3 is 5.11 Å². The van der Waals surface area contributed by atoms with E-state index in [2.05, 4.69) is 10.1 Å². The van der Waals surface area contributed by atoms with E-state index in [1.807, 2.05) is 4.68 Å². The van der Waals surface area contributed by atoms with Crippen LogP contribution in [-0.4, -0.2) is 25.8 Å². The summed E-state index contributed by atoms with van der Waals surface area (Å²) in [6.07, 6.45) is 6.46. The molecule has 5 nitrogen and oxygen atoms in total. The lowest BCUT2D eigenvalue weighted by Crippen LogP contribution is -2.08. The normalized spacial score (nSPS) is 16.5. The van der Waals surface area contributed by atoms with Crippen LogP contribution in [0, 0.1) is 6.92 Å². The van der Waals surface area contributed by atoms with E-state index in [-0.39, 0.29) is 5.56 Å². The van der Waals surface area contributed by atoms with Gasteiger partial charge in [-0.15, -0.1) is 0 Å². The molecule has 0 radical (unpaired) electrons. The molecule has 0 aromatic carbocycles. The average molecular weight is 245 g/mol. The van der Waals surface area contributed by atoms with Crippen LogP contribution in [0.1, 0.15) is 47.8 Å². The Bertz CT molecular complexity index is 612. The molecular formula is C13H15N3O2. The van der Waals surface area contributed by atoms with E-state index in [1.54, 1.807) is 19.2 Å². The molecule has 3 rings (SSSR count). The molecule has 94 valence electrons. The Kier molecular flexibility index (Phi) is 2.54. The number of nitrogens with zero attached hydrogens (tertiary/aromatic N) is 3. The highest BCUT2D eigenvalue weighted by Crippen LogP contribution is 2.31. The number of aryl methyl sites for hydroxylation is 1. The molecule has 5 heteroatoms. The molecule has 0 bridgehead atoms. The van der Waals surface area contributed by atoms with Crippen molar-refractivity contribution in [3.05, 3.63) is 23.5 Å². The fourth-order valence-electron chi connectivity index (χ4n) is 2.70. The second-order valence-corrected chi connectivity index (χ2v) is 4.87. The van der Waals surface area contributed by atoms with Gasteiger partial charge in [0.15, 0.2) is 5.65 Å². The van der Waals surface area contributed by atoms with E-state index in [4.69, 9.17) is 5.11 Å². The van der Waals surface area contributed by atoms with Crippen LogP contribution in [0.25, 0.3) is 11.0 Å². The lowest BCUT2D eigenvalue weighted by Gasteiger charge is -2.11. The molecule has 0 spiro atoms. The Hall–Kier alpha value is -1.91. The summed E-state index contributed by atoms with van der Waals surface area (Å²) < 4.78 is 1.96. The van der Waals surface area contributed by atoms with Crippen molar-refractivity contribution in [3.8, 4) is 0 Å². The molecule has 1 saturated carbocycles. The Morgan fingerprint density at radius 3 is 2.83 bits per heavy atom. The molecule has 0 saturated heterocycles. The maximum Gasteiger partial charge on any atom is 0.337 e. The van der Waals surface area contributed by atoms with Gasteiger partial charge in [0.25, 0.3) is 0 Å². The summed E-state index contributed by atoms with van der Waals surface area (Å²) in [5, 5.41) is 14.3. The average Bonchev–Trinajstić information content (AvgIpc) is 2.94. The van der Waals surface area contributed by atoms with E-state index in [0.717, 1.165) is 23.9 Å². The second kappa shape index (κ2) is 4.08. The molecule has 2 heterocycles. The zero-order chi connectivity index (χ0) is 12.7. The van der Waals surface area contributed by atoms with Crippen LogP contribution in [0.3, 0.4) is 0 Å². The predicted molar refractivity (Wildman–Crippen MR) is 66.7 cm³/mol. The van der Waals surface area contributed by atoms with Gasteiger partial charge in [-0.1, -0.05) is 12.8 Å². The van der Waals surface area contributed by atoms with Gasteiger partial charge in [-0.05, 0) is 25.8 Å². The van der Waals surface area contributed by atoms with Gasteiger partial charge in [0, 0.05) is 5.39 Å². The highest BCUT2D eigenvalue weighted by molar-refractivity contribution is 5.93. The molecule has 1 fully saturated rings. The van der Waals surface area contributed by atoms with Crippen molar-refractivity contribution in [1.82, 2.24) is 14.8 Å². The van der Waals surface area contributed by atoms with Crippen molar-refractivity contribution in [2.75, 3.05) is 0 Å². The number of rotatable bonds is 2. The molecular weight excluding hydrogens is 230 g/mol. The topological polar surface area (TPSA) is 68.0 Å². The molecule has 1 aliphatic carbocycles. The third-order valence-corrected chi connectivity index (χ3v) is 3.66. The van der Waals surface area contributed by atoms with Crippen molar-refractivity contribution in [1.29, 1.82) is 0 Å². The Morgan fingerprint density at radius 1 is 1.44 bits per heavy atom. The van der Waals surface area contributed by atoms with Crippen molar-refractivity contribution >= 4 is 17.0 Å². The van der Waals surface area contributed by atoms with Gasteiger partial charge in [-0.25, -0.2) is 14.5 Å². The van der Waals surface area contributed by atoms with Crippen molar-refractivity contribution in [3.63, 3.8) is 0 Å². The Balaban J connectivity index is 2.14. The summed E-state index contributed by atoms with van der Waals surface area (Å²) in [7, 11) is 0. The number of fused-ring (bicyclic) bond motifs is 1. The lowest BCUT2D eigenvalue weighted by atomic mass is 10.1. The Labute approximate surface area is 104 Å². The van der Waals surface area contributed by atoms with Crippen molar-refractivity contribution in [2.45, 2.75) is 38.6 Å². The van der Waals surface area contributed by atoms with Gasteiger partial charge in [0.1, 0.15) is 0 Å². The summed E-state index contributed by atoms with van der Waals surface area (Å²) in [5.41, 5.74) is 1.62. The molecule has 0 unspecified atom stereocenters. The van der Waals surface area contributed by atoms with Gasteiger partial charge in [-0.2, -0.15) is 5.10 Å². The fourth-order valence-corrected chi connectivity index (χ4v) is 2.70. The van der Waals surface area contributed by atoms with Gasteiger partial charge >= 0.3 is 5.97 Å². The maximum absolute atomic E-state index is 11.1. The summed E-state index contributed by atoms with van der Waals surface area (Å²) in [6, 6.07) is 2.09. The minimum Gasteiger partial charge on any atom is -0.478 e. The molecule has 2 aromatic rings. The number of carboxylic acid groups (broad SMARTS) is 1. The van der Waals surface area contributed by atoms with Gasteiger partial charge in [0.05, 0.1) is 23.5 Å². The summed E-state index contributed by atoms with van der Waals surface area (Å²) in [4.78, 5) is 15.5. The SMILES string of the molecule is Cc1nc2c(cnn2C2CCCC2)cc1C(=O)O. The highest BCUT2D eigenvalue weighted by atomic mass is 16.4. The smallest absolute Gasteiger partial charge is 0.337 e.